The highest BCUT2D eigenvalue weighted by Crippen LogP contribution is 2.44. The molecule has 0 amide bonds. The van der Waals surface area contributed by atoms with Gasteiger partial charge in [-0.3, -0.25) is 0 Å². The topological polar surface area (TPSA) is 3.24 Å². The van der Waals surface area contributed by atoms with Crippen LogP contribution in [0.3, 0.4) is 0 Å². The predicted octanol–water partition coefficient (Wildman–Crippen LogP) is 10.3. The van der Waals surface area contributed by atoms with Gasteiger partial charge in [-0.15, -0.1) is 11.3 Å². The molecule has 0 saturated carbocycles. The fourth-order valence-corrected chi connectivity index (χ4v) is 6.28. The highest BCUT2D eigenvalue weighted by Gasteiger charge is 2.19. The SMILES string of the molecule is c1ccc(N(c2ccccc2-c2ccc3sc4ccccc4c3c2)c2cccc3ccccc23)cc1. The van der Waals surface area contributed by atoms with Crippen molar-refractivity contribution in [3.8, 4) is 11.1 Å². The van der Waals surface area contributed by atoms with Crippen molar-refractivity contribution in [3.05, 3.63) is 140 Å². The number of hydrogen-bond donors (Lipinski definition) is 0. The van der Waals surface area contributed by atoms with E-state index >= 15 is 0 Å². The quantitative estimate of drug-likeness (QED) is 0.244. The molecule has 0 aliphatic carbocycles. The second-order valence-corrected chi connectivity index (χ2v) is 10.1. The van der Waals surface area contributed by atoms with E-state index in [-0.39, 0.29) is 0 Å². The minimum atomic E-state index is 1.14. The second-order valence-electron chi connectivity index (χ2n) is 9.00. The summed E-state index contributed by atoms with van der Waals surface area (Å²) in [4.78, 5) is 2.40. The first-order chi connectivity index (χ1) is 17.9. The van der Waals surface area contributed by atoms with Crippen LogP contribution in [0.1, 0.15) is 0 Å². The Hall–Kier alpha value is -4.40. The van der Waals surface area contributed by atoms with Crippen LogP contribution in [0, 0.1) is 0 Å². The molecule has 0 radical (unpaired) electrons. The first-order valence-electron chi connectivity index (χ1n) is 12.2. The van der Waals surface area contributed by atoms with Crippen LogP contribution in [-0.2, 0) is 0 Å². The molecule has 1 heterocycles. The molecule has 1 nitrogen and oxygen atoms in total. The summed E-state index contributed by atoms with van der Waals surface area (Å²) in [6, 6.07) is 50.2. The number of rotatable bonds is 4. The monoisotopic (exact) mass is 477 g/mol. The lowest BCUT2D eigenvalue weighted by molar-refractivity contribution is 1.30. The molecule has 7 rings (SSSR count). The lowest BCUT2D eigenvalue weighted by Gasteiger charge is -2.29. The lowest BCUT2D eigenvalue weighted by atomic mass is 9.99. The van der Waals surface area contributed by atoms with Gasteiger partial charge < -0.3 is 4.90 Å². The van der Waals surface area contributed by atoms with E-state index < -0.39 is 0 Å². The summed E-state index contributed by atoms with van der Waals surface area (Å²) in [5.41, 5.74) is 5.92. The van der Waals surface area contributed by atoms with Crippen molar-refractivity contribution in [2.75, 3.05) is 4.90 Å². The van der Waals surface area contributed by atoms with Gasteiger partial charge in [-0.05, 0) is 53.4 Å². The third-order valence-corrected chi connectivity index (χ3v) is 8.01. The van der Waals surface area contributed by atoms with E-state index in [0.717, 1.165) is 5.69 Å². The summed E-state index contributed by atoms with van der Waals surface area (Å²) in [6.07, 6.45) is 0. The number of benzene rings is 6. The van der Waals surface area contributed by atoms with Gasteiger partial charge in [0.25, 0.3) is 0 Å². The summed E-state index contributed by atoms with van der Waals surface area (Å²) in [7, 11) is 0. The minimum Gasteiger partial charge on any atom is -0.309 e. The fourth-order valence-electron chi connectivity index (χ4n) is 5.19. The number of fused-ring (bicyclic) bond motifs is 4. The van der Waals surface area contributed by atoms with E-state index in [2.05, 4.69) is 144 Å². The first kappa shape index (κ1) is 20.9. The predicted molar refractivity (Wildman–Crippen MR) is 157 cm³/mol. The average Bonchev–Trinajstić information content (AvgIpc) is 3.32. The van der Waals surface area contributed by atoms with E-state index in [0.29, 0.717) is 0 Å². The largest absolute Gasteiger partial charge is 0.309 e. The Morgan fingerprint density at radius 1 is 0.444 bits per heavy atom. The zero-order valence-corrected chi connectivity index (χ0v) is 20.5. The number of hydrogen-bond acceptors (Lipinski definition) is 2. The van der Waals surface area contributed by atoms with Crippen LogP contribution in [0.25, 0.3) is 42.1 Å². The van der Waals surface area contributed by atoms with Gasteiger partial charge >= 0.3 is 0 Å². The highest BCUT2D eigenvalue weighted by molar-refractivity contribution is 7.25. The Labute approximate surface area is 214 Å². The molecule has 0 fully saturated rings. The molecule has 170 valence electrons. The van der Waals surface area contributed by atoms with Crippen LogP contribution in [0.2, 0.25) is 0 Å². The average molecular weight is 478 g/mol. The summed E-state index contributed by atoms with van der Waals surface area (Å²) in [5.74, 6) is 0. The molecule has 1 aromatic heterocycles. The van der Waals surface area contributed by atoms with Gasteiger partial charge in [-0.25, -0.2) is 0 Å². The molecule has 0 spiro atoms. The molecule has 0 saturated heterocycles. The van der Waals surface area contributed by atoms with Gasteiger partial charge in [0.2, 0.25) is 0 Å². The van der Waals surface area contributed by atoms with Crippen molar-refractivity contribution in [3.63, 3.8) is 0 Å². The van der Waals surface area contributed by atoms with Crippen LogP contribution >= 0.6 is 11.3 Å². The maximum atomic E-state index is 2.40. The van der Waals surface area contributed by atoms with Crippen molar-refractivity contribution < 1.29 is 0 Å². The molecule has 6 aromatic carbocycles. The molecule has 0 atom stereocenters. The van der Waals surface area contributed by atoms with Crippen LogP contribution in [0.15, 0.2) is 140 Å². The third kappa shape index (κ3) is 3.46. The minimum absolute atomic E-state index is 1.14. The van der Waals surface area contributed by atoms with Gasteiger partial charge in [0.15, 0.2) is 0 Å². The molecule has 0 aliphatic rings. The van der Waals surface area contributed by atoms with Gasteiger partial charge in [0.05, 0.1) is 11.4 Å². The van der Waals surface area contributed by atoms with Crippen molar-refractivity contribution in [2.24, 2.45) is 0 Å². The van der Waals surface area contributed by atoms with E-state index in [9.17, 15) is 0 Å². The van der Waals surface area contributed by atoms with Gasteiger partial charge in [-0.1, -0.05) is 97.1 Å². The molecular formula is C34H23NS. The summed E-state index contributed by atoms with van der Waals surface area (Å²) in [5, 5.41) is 5.11. The van der Waals surface area contributed by atoms with Crippen molar-refractivity contribution in [2.45, 2.75) is 0 Å². The molecule has 2 heteroatoms. The maximum absolute atomic E-state index is 2.40. The lowest BCUT2D eigenvalue weighted by Crippen LogP contribution is -2.11. The summed E-state index contributed by atoms with van der Waals surface area (Å²) >= 11 is 1.86. The Morgan fingerprint density at radius 2 is 1.11 bits per heavy atom. The third-order valence-electron chi connectivity index (χ3n) is 6.85. The van der Waals surface area contributed by atoms with E-state index in [1.54, 1.807) is 0 Å². The van der Waals surface area contributed by atoms with E-state index in [1.165, 1.54) is 53.4 Å². The van der Waals surface area contributed by atoms with E-state index in [4.69, 9.17) is 0 Å². The number of thiophene rings is 1. The molecule has 36 heavy (non-hydrogen) atoms. The Kier molecular flexibility index (Phi) is 5.04. The van der Waals surface area contributed by atoms with Crippen molar-refractivity contribution in [1.82, 2.24) is 0 Å². The molecular weight excluding hydrogens is 454 g/mol. The molecule has 0 N–H and O–H groups in total. The number of anilines is 3. The summed E-state index contributed by atoms with van der Waals surface area (Å²) < 4.78 is 2.66. The Bertz CT molecular complexity index is 1840. The summed E-state index contributed by atoms with van der Waals surface area (Å²) in [6.45, 7) is 0. The van der Waals surface area contributed by atoms with Crippen molar-refractivity contribution >= 4 is 59.3 Å². The van der Waals surface area contributed by atoms with Crippen LogP contribution in [-0.4, -0.2) is 0 Å². The molecule has 0 aliphatic heterocycles. The number of para-hydroxylation sites is 2. The zero-order chi connectivity index (χ0) is 23.9. The molecule has 7 aromatic rings. The van der Waals surface area contributed by atoms with Crippen LogP contribution in [0.5, 0.6) is 0 Å². The first-order valence-corrected chi connectivity index (χ1v) is 13.0. The van der Waals surface area contributed by atoms with Crippen LogP contribution < -0.4 is 4.90 Å². The standard InChI is InChI=1S/C34H23NS/c1-2-13-26(14-3-1)35(32-19-10-12-24-11-4-5-15-27(24)32)31-18-8-6-16-28(31)25-21-22-34-30(23-25)29-17-7-9-20-33(29)36-34/h1-23H. The van der Waals surface area contributed by atoms with Crippen molar-refractivity contribution in [1.29, 1.82) is 0 Å². The van der Waals surface area contributed by atoms with Gasteiger partial charge in [0.1, 0.15) is 0 Å². The molecule has 0 bridgehead atoms. The Morgan fingerprint density at radius 3 is 2.03 bits per heavy atom. The highest BCUT2D eigenvalue weighted by atomic mass is 32.1. The smallest absolute Gasteiger partial charge is 0.0540 e. The fraction of sp³-hybridized carbons (Fsp3) is 0. The zero-order valence-electron chi connectivity index (χ0n) is 19.6. The Balaban J connectivity index is 1.49. The normalized spacial score (nSPS) is 11.3. The second kappa shape index (κ2) is 8.67. The van der Waals surface area contributed by atoms with Gasteiger partial charge in [0, 0.05) is 36.8 Å². The van der Waals surface area contributed by atoms with Crippen LogP contribution in [0.4, 0.5) is 17.1 Å². The number of nitrogens with zero attached hydrogens (tertiary/aromatic N) is 1. The van der Waals surface area contributed by atoms with E-state index in [1.807, 2.05) is 11.3 Å². The maximum Gasteiger partial charge on any atom is 0.0540 e. The van der Waals surface area contributed by atoms with Gasteiger partial charge in [-0.2, -0.15) is 0 Å². The molecule has 0 unspecified atom stereocenters.